The lowest BCUT2D eigenvalue weighted by molar-refractivity contribution is 0.574. The maximum absolute atomic E-state index is 5.34. The maximum Gasteiger partial charge on any atom is 0.00772 e. The zero-order chi connectivity index (χ0) is 10.5. The Morgan fingerprint density at radius 2 is 1.29 bits per heavy atom. The number of nitrogens with two attached hydrogens (primary N) is 1. The molecule has 0 atom stereocenters. The molecule has 0 rings (SSSR count). The third kappa shape index (κ3) is 11.8. The molecule has 0 unspecified atom stereocenters. The highest BCUT2D eigenvalue weighted by Gasteiger charge is 1.88. The van der Waals surface area contributed by atoms with Gasteiger partial charge in [-0.3, -0.25) is 0 Å². The average Bonchev–Trinajstić information content (AvgIpc) is 2.21. The van der Waals surface area contributed by atoms with Gasteiger partial charge in [0, 0.05) is 39.3 Å². The minimum Gasteiger partial charge on any atom is -0.329 e. The number of nitrogens with one attached hydrogen (secondary N) is 3. The lowest BCUT2D eigenvalue weighted by atomic mass is 10.3. The highest BCUT2D eigenvalue weighted by molar-refractivity contribution is 4.54. The van der Waals surface area contributed by atoms with Crippen molar-refractivity contribution < 1.29 is 0 Å². The van der Waals surface area contributed by atoms with E-state index in [1.165, 1.54) is 12.8 Å². The molecule has 0 heterocycles. The van der Waals surface area contributed by atoms with Gasteiger partial charge in [-0.15, -0.1) is 0 Å². The Balaban J connectivity index is 2.78. The molecular weight excluding hydrogens is 176 g/mol. The largest absolute Gasteiger partial charge is 0.329 e. The second-order valence-electron chi connectivity index (χ2n) is 3.39. The molecule has 0 fully saturated rings. The topological polar surface area (TPSA) is 62.1 Å². The summed E-state index contributed by atoms with van der Waals surface area (Å²) in [7, 11) is 0. The first-order valence-electron chi connectivity index (χ1n) is 5.74. The summed E-state index contributed by atoms with van der Waals surface area (Å²) in [5.41, 5.74) is 5.34. The smallest absolute Gasteiger partial charge is 0.00772 e. The summed E-state index contributed by atoms with van der Waals surface area (Å²) in [6.45, 7) is 9.13. The van der Waals surface area contributed by atoms with Crippen molar-refractivity contribution in [3.8, 4) is 0 Å². The van der Waals surface area contributed by atoms with Crippen molar-refractivity contribution in [2.75, 3.05) is 45.8 Å². The quantitative estimate of drug-likeness (QED) is 0.342. The molecule has 0 aromatic carbocycles. The molecule has 0 bridgehead atoms. The Labute approximate surface area is 88.0 Å². The lowest BCUT2D eigenvalue weighted by Crippen LogP contribution is -2.34. The van der Waals surface area contributed by atoms with Crippen LogP contribution in [0.1, 0.15) is 19.8 Å². The molecule has 0 saturated heterocycles. The van der Waals surface area contributed by atoms with Crippen LogP contribution in [-0.2, 0) is 0 Å². The van der Waals surface area contributed by atoms with E-state index < -0.39 is 0 Å². The van der Waals surface area contributed by atoms with Gasteiger partial charge >= 0.3 is 0 Å². The zero-order valence-corrected chi connectivity index (χ0v) is 9.44. The van der Waals surface area contributed by atoms with Gasteiger partial charge in [0.25, 0.3) is 0 Å². The molecule has 4 heteroatoms. The van der Waals surface area contributed by atoms with Gasteiger partial charge in [0.2, 0.25) is 0 Å². The minimum absolute atomic E-state index is 0.721. The summed E-state index contributed by atoms with van der Waals surface area (Å²) in [6.07, 6.45) is 2.54. The Kier molecular flexibility index (Phi) is 12.7. The number of hydrogen-bond acceptors (Lipinski definition) is 4. The van der Waals surface area contributed by atoms with E-state index in [9.17, 15) is 0 Å². The highest BCUT2D eigenvalue weighted by Crippen LogP contribution is 1.80. The fraction of sp³-hybridized carbons (Fsp3) is 1.00. The summed E-state index contributed by atoms with van der Waals surface area (Å²) < 4.78 is 0. The minimum atomic E-state index is 0.721. The van der Waals surface area contributed by atoms with Gasteiger partial charge in [0.1, 0.15) is 0 Å². The maximum atomic E-state index is 5.34. The molecule has 0 aliphatic rings. The molecule has 14 heavy (non-hydrogen) atoms. The van der Waals surface area contributed by atoms with Gasteiger partial charge in [0.05, 0.1) is 0 Å². The van der Waals surface area contributed by atoms with Gasteiger partial charge in [-0.25, -0.2) is 0 Å². The molecule has 0 aromatic rings. The van der Waals surface area contributed by atoms with Gasteiger partial charge in [0.15, 0.2) is 0 Å². The zero-order valence-electron chi connectivity index (χ0n) is 9.44. The van der Waals surface area contributed by atoms with Crippen LogP contribution in [-0.4, -0.2) is 45.8 Å². The lowest BCUT2D eigenvalue weighted by Gasteiger charge is -2.06. The van der Waals surface area contributed by atoms with Crippen LogP contribution >= 0.6 is 0 Å². The van der Waals surface area contributed by atoms with Crippen LogP contribution < -0.4 is 21.7 Å². The van der Waals surface area contributed by atoms with Crippen molar-refractivity contribution in [1.82, 2.24) is 16.0 Å². The number of hydrogen-bond donors (Lipinski definition) is 4. The van der Waals surface area contributed by atoms with Gasteiger partial charge in [-0.05, 0) is 13.0 Å². The van der Waals surface area contributed by atoms with Crippen LogP contribution in [0.2, 0.25) is 0 Å². The highest BCUT2D eigenvalue weighted by atomic mass is 15.0. The molecule has 86 valence electrons. The average molecular weight is 202 g/mol. The number of unbranched alkanes of at least 4 members (excludes halogenated alkanes) is 1. The molecule has 0 radical (unpaired) electrons. The van der Waals surface area contributed by atoms with E-state index in [1.54, 1.807) is 0 Å². The van der Waals surface area contributed by atoms with Gasteiger partial charge in [-0.2, -0.15) is 0 Å². The third-order valence-corrected chi connectivity index (χ3v) is 1.99. The molecular formula is C10H26N4. The Morgan fingerprint density at radius 3 is 1.79 bits per heavy atom. The van der Waals surface area contributed by atoms with E-state index in [1.807, 2.05) is 0 Å². The summed E-state index contributed by atoms with van der Waals surface area (Å²) in [5.74, 6) is 0. The molecule has 0 aromatic heterocycles. The first-order chi connectivity index (χ1) is 6.91. The summed E-state index contributed by atoms with van der Waals surface area (Å²) in [6, 6.07) is 0. The SMILES string of the molecule is CCCCNCCNCCNCCN. The van der Waals surface area contributed by atoms with E-state index in [-0.39, 0.29) is 0 Å². The van der Waals surface area contributed by atoms with E-state index in [4.69, 9.17) is 5.73 Å². The normalized spacial score (nSPS) is 10.7. The Bertz CT molecular complexity index is 86.1. The fourth-order valence-corrected chi connectivity index (χ4v) is 1.13. The molecule has 0 saturated carbocycles. The van der Waals surface area contributed by atoms with Crippen molar-refractivity contribution in [3.63, 3.8) is 0 Å². The second-order valence-corrected chi connectivity index (χ2v) is 3.39. The van der Waals surface area contributed by atoms with Crippen LogP contribution in [0.4, 0.5) is 0 Å². The summed E-state index contributed by atoms with van der Waals surface area (Å²) in [4.78, 5) is 0. The van der Waals surface area contributed by atoms with Crippen LogP contribution in [0.25, 0.3) is 0 Å². The third-order valence-electron chi connectivity index (χ3n) is 1.99. The predicted octanol–water partition coefficient (Wildman–Crippen LogP) is -0.486. The molecule has 0 spiro atoms. The van der Waals surface area contributed by atoms with Crippen LogP contribution in [0.5, 0.6) is 0 Å². The molecule has 0 aliphatic heterocycles. The van der Waals surface area contributed by atoms with Gasteiger partial charge in [-0.1, -0.05) is 13.3 Å². The standard InChI is InChI=1S/C10H26N4/c1-2-3-5-12-7-9-14-10-8-13-6-4-11/h12-14H,2-11H2,1H3. The van der Waals surface area contributed by atoms with Crippen molar-refractivity contribution >= 4 is 0 Å². The van der Waals surface area contributed by atoms with Crippen LogP contribution in [0.15, 0.2) is 0 Å². The van der Waals surface area contributed by atoms with Crippen LogP contribution in [0, 0.1) is 0 Å². The number of rotatable bonds is 11. The van der Waals surface area contributed by atoms with Crippen molar-refractivity contribution in [3.05, 3.63) is 0 Å². The monoisotopic (exact) mass is 202 g/mol. The van der Waals surface area contributed by atoms with E-state index in [2.05, 4.69) is 22.9 Å². The summed E-state index contributed by atoms with van der Waals surface area (Å²) in [5, 5.41) is 9.98. The first kappa shape index (κ1) is 13.8. The van der Waals surface area contributed by atoms with E-state index >= 15 is 0 Å². The van der Waals surface area contributed by atoms with E-state index in [0.29, 0.717) is 0 Å². The molecule has 5 N–H and O–H groups in total. The Morgan fingerprint density at radius 1 is 0.786 bits per heavy atom. The fourth-order valence-electron chi connectivity index (χ4n) is 1.13. The Hall–Kier alpha value is -0.160. The van der Waals surface area contributed by atoms with Gasteiger partial charge < -0.3 is 21.7 Å². The van der Waals surface area contributed by atoms with Crippen molar-refractivity contribution in [1.29, 1.82) is 0 Å². The summed E-state index contributed by atoms with van der Waals surface area (Å²) >= 11 is 0. The predicted molar refractivity (Wildman–Crippen MR) is 62.6 cm³/mol. The molecule has 4 nitrogen and oxygen atoms in total. The molecule has 0 amide bonds. The van der Waals surface area contributed by atoms with Crippen LogP contribution in [0.3, 0.4) is 0 Å². The molecule has 0 aliphatic carbocycles. The first-order valence-corrected chi connectivity index (χ1v) is 5.74. The van der Waals surface area contributed by atoms with Crippen molar-refractivity contribution in [2.24, 2.45) is 5.73 Å². The van der Waals surface area contributed by atoms with Crippen molar-refractivity contribution in [2.45, 2.75) is 19.8 Å². The van der Waals surface area contributed by atoms with E-state index in [0.717, 1.165) is 45.8 Å². The second kappa shape index (κ2) is 12.8.